The lowest BCUT2D eigenvalue weighted by Crippen LogP contribution is -1.92. The summed E-state index contributed by atoms with van der Waals surface area (Å²) in [6, 6.07) is 11.9. The summed E-state index contributed by atoms with van der Waals surface area (Å²) in [5.74, 6) is 0. The van der Waals surface area contributed by atoms with E-state index in [2.05, 4.69) is 0 Å². The van der Waals surface area contributed by atoms with E-state index in [1.54, 1.807) is 12.1 Å². The minimum atomic E-state index is -0.558. The molecule has 2 aromatic rings. The maximum absolute atomic E-state index is 10.8. The first-order valence-electron chi connectivity index (χ1n) is 5.64. The van der Waals surface area contributed by atoms with Crippen molar-refractivity contribution in [3.63, 3.8) is 0 Å². The molecule has 0 amide bonds. The van der Waals surface area contributed by atoms with Crippen LogP contribution in [0.3, 0.4) is 0 Å². The molecule has 0 atom stereocenters. The molecular weight excluding hydrogens is 296 g/mol. The zero-order chi connectivity index (χ0) is 14.7. The Morgan fingerprint density at radius 1 is 1.30 bits per heavy atom. The average molecular weight is 305 g/mol. The Bertz CT molecular complexity index is 726. The SMILES string of the molecule is Cc1ccc(Cl)cc1Sc1ccc([N+](=O)[O-])c(C#N)c1. The summed E-state index contributed by atoms with van der Waals surface area (Å²) < 4.78 is 0. The van der Waals surface area contributed by atoms with Gasteiger partial charge >= 0.3 is 0 Å². The van der Waals surface area contributed by atoms with Gasteiger partial charge in [0, 0.05) is 20.9 Å². The van der Waals surface area contributed by atoms with Gasteiger partial charge in [0.1, 0.15) is 11.6 Å². The molecule has 4 nitrogen and oxygen atoms in total. The van der Waals surface area contributed by atoms with Gasteiger partial charge in [-0.15, -0.1) is 0 Å². The third-order valence-corrected chi connectivity index (χ3v) is 4.05. The van der Waals surface area contributed by atoms with Crippen molar-refractivity contribution >= 4 is 29.1 Å². The Morgan fingerprint density at radius 3 is 2.70 bits per heavy atom. The van der Waals surface area contributed by atoms with E-state index >= 15 is 0 Å². The summed E-state index contributed by atoms with van der Waals surface area (Å²) in [7, 11) is 0. The first-order chi connectivity index (χ1) is 9.51. The zero-order valence-corrected chi connectivity index (χ0v) is 12.0. The number of nitrogens with zero attached hydrogens (tertiary/aromatic N) is 2. The molecule has 0 spiro atoms. The molecule has 0 bridgehead atoms. The number of benzene rings is 2. The molecular formula is C14H9ClN2O2S. The summed E-state index contributed by atoms with van der Waals surface area (Å²) in [6.07, 6.45) is 0. The number of hydrogen-bond acceptors (Lipinski definition) is 4. The molecule has 0 aliphatic carbocycles. The standard InChI is InChI=1S/C14H9ClN2O2S/c1-9-2-3-11(15)7-14(9)20-12-4-5-13(17(18)19)10(6-12)8-16/h2-7H,1H3. The van der Waals surface area contributed by atoms with Crippen LogP contribution in [-0.2, 0) is 0 Å². The van der Waals surface area contributed by atoms with E-state index in [0.29, 0.717) is 5.02 Å². The monoisotopic (exact) mass is 304 g/mol. The summed E-state index contributed by atoms with van der Waals surface area (Å²) in [5, 5.41) is 20.4. The lowest BCUT2D eigenvalue weighted by molar-refractivity contribution is -0.385. The molecule has 2 aromatic carbocycles. The second-order valence-corrected chi connectivity index (χ2v) is 5.61. The summed E-state index contributed by atoms with van der Waals surface area (Å²) in [5.41, 5.74) is 0.926. The van der Waals surface area contributed by atoms with Crippen molar-refractivity contribution in [2.24, 2.45) is 0 Å². The third kappa shape index (κ3) is 3.10. The predicted molar refractivity (Wildman–Crippen MR) is 78.1 cm³/mol. The van der Waals surface area contributed by atoms with Crippen molar-refractivity contribution in [1.82, 2.24) is 0 Å². The van der Waals surface area contributed by atoms with Crippen molar-refractivity contribution < 1.29 is 4.92 Å². The highest BCUT2D eigenvalue weighted by molar-refractivity contribution is 7.99. The normalized spacial score (nSPS) is 10.1. The highest BCUT2D eigenvalue weighted by Gasteiger charge is 2.14. The highest BCUT2D eigenvalue weighted by Crippen LogP contribution is 2.34. The fourth-order valence-corrected chi connectivity index (χ4v) is 2.86. The molecule has 0 aliphatic heterocycles. The van der Waals surface area contributed by atoms with Crippen LogP contribution in [0.5, 0.6) is 0 Å². The molecule has 0 fully saturated rings. The Morgan fingerprint density at radius 2 is 2.05 bits per heavy atom. The lowest BCUT2D eigenvalue weighted by atomic mass is 10.2. The minimum Gasteiger partial charge on any atom is -0.258 e. The molecule has 0 heterocycles. The number of nitro benzene ring substituents is 1. The molecule has 20 heavy (non-hydrogen) atoms. The fourth-order valence-electron chi connectivity index (χ4n) is 1.64. The number of halogens is 1. The number of nitriles is 1. The summed E-state index contributed by atoms with van der Waals surface area (Å²) >= 11 is 7.37. The molecule has 100 valence electrons. The van der Waals surface area contributed by atoms with Crippen LogP contribution < -0.4 is 0 Å². The number of nitro groups is 1. The van der Waals surface area contributed by atoms with Gasteiger partial charge in [-0.3, -0.25) is 10.1 Å². The number of hydrogen-bond donors (Lipinski definition) is 0. The molecule has 2 rings (SSSR count). The van der Waals surface area contributed by atoms with Crippen LogP contribution in [0.15, 0.2) is 46.2 Å². The second kappa shape index (κ2) is 5.95. The van der Waals surface area contributed by atoms with E-state index in [0.717, 1.165) is 15.4 Å². The van der Waals surface area contributed by atoms with E-state index in [1.807, 2.05) is 25.1 Å². The van der Waals surface area contributed by atoms with Crippen LogP contribution in [-0.4, -0.2) is 4.92 Å². The maximum atomic E-state index is 10.8. The molecule has 0 N–H and O–H groups in total. The average Bonchev–Trinajstić information content (AvgIpc) is 2.42. The van der Waals surface area contributed by atoms with Crippen molar-refractivity contribution in [2.75, 3.05) is 0 Å². The van der Waals surface area contributed by atoms with Crippen LogP contribution >= 0.6 is 23.4 Å². The Balaban J connectivity index is 2.38. The lowest BCUT2D eigenvalue weighted by Gasteiger charge is -2.06. The third-order valence-electron chi connectivity index (χ3n) is 2.66. The van der Waals surface area contributed by atoms with E-state index < -0.39 is 4.92 Å². The molecule has 6 heteroatoms. The smallest absolute Gasteiger partial charge is 0.258 e. The molecule has 0 saturated heterocycles. The quantitative estimate of drug-likeness (QED) is 0.615. The van der Waals surface area contributed by atoms with Crippen LogP contribution in [0.1, 0.15) is 11.1 Å². The van der Waals surface area contributed by atoms with Crippen LogP contribution in [0.25, 0.3) is 0 Å². The van der Waals surface area contributed by atoms with Gasteiger partial charge in [-0.05, 0) is 36.8 Å². The molecule has 0 unspecified atom stereocenters. The molecule has 0 radical (unpaired) electrons. The first kappa shape index (κ1) is 14.4. The summed E-state index contributed by atoms with van der Waals surface area (Å²) in [6.45, 7) is 1.95. The Labute approximate surface area is 125 Å². The van der Waals surface area contributed by atoms with Crippen LogP contribution in [0, 0.1) is 28.4 Å². The summed E-state index contributed by atoms with van der Waals surface area (Å²) in [4.78, 5) is 11.9. The number of rotatable bonds is 3. The number of aryl methyl sites for hydroxylation is 1. The maximum Gasteiger partial charge on any atom is 0.287 e. The van der Waals surface area contributed by atoms with Gasteiger partial charge in [0.05, 0.1) is 4.92 Å². The van der Waals surface area contributed by atoms with Crippen molar-refractivity contribution in [3.8, 4) is 6.07 Å². The van der Waals surface area contributed by atoms with Gasteiger partial charge in [-0.25, -0.2) is 0 Å². The fraction of sp³-hybridized carbons (Fsp3) is 0.0714. The highest BCUT2D eigenvalue weighted by atomic mass is 35.5. The van der Waals surface area contributed by atoms with Gasteiger partial charge in [-0.1, -0.05) is 29.4 Å². The Kier molecular flexibility index (Phi) is 4.28. The zero-order valence-electron chi connectivity index (χ0n) is 10.5. The van der Waals surface area contributed by atoms with Gasteiger partial charge in [0.15, 0.2) is 0 Å². The minimum absolute atomic E-state index is 0.0553. The van der Waals surface area contributed by atoms with E-state index in [-0.39, 0.29) is 11.3 Å². The predicted octanol–water partition coefficient (Wildman–Crippen LogP) is 4.58. The van der Waals surface area contributed by atoms with Crippen LogP contribution in [0.2, 0.25) is 5.02 Å². The second-order valence-electron chi connectivity index (χ2n) is 4.06. The van der Waals surface area contributed by atoms with Gasteiger partial charge in [-0.2, -0.15) is 5.26 Å². The molecule has 0 aliphatic rings. The van der Waals surface area contributed by atoms with Crippen LogP contribution in [0.4, 0.5) is 5.69 Å². The van der Waals surface area contributed by atoms with E-state index in [9.17, 15) is 10.1 Å². The van der Waals surface area contributed by atoms with Gasteiger partial charge < -0.3 is 0 Å². The van der Waals surface area contributed by atoms with Crippen molar-refractivity contribution in [3.05, 3.63) is 62.7 Å². The largest absolute Gasteiger partial charge is 0.287 e. The molecule has 0 aromatic heterocycles. The topological polar surface area (TPSA) is 66.9 Å². The van der Waals surface area contributed by atoms with E-state index in [1.165, 1.54) is 23.9 Å². The van der Waals surface area contributed by atoms with Crippen molar-refractivity contribution in [1.29, 1.82) is 5.26 Å². The van der Waals surface area contributed by atoms with Gasteiger partial charge in [0.25, 0.3) is 5.69 Å². The van der Waals surface area contributed by atoms with Crippen molar-refractivity contribution in [2.45, 2.75) is 16.7 Å². The Hall–Kier alpha value is -2.03. The molecule has 0 saturated carbocycles. The van der Waals surface area contributed by atoms with Gasteiger partial charge in [0.2, 0.25) is 0 Å². The van der Waals surface area contributed by atoms with E-state index in [4.69, 9.17) is 16.9 Å². The first-order valence-corrected chi connectivity index (χ1v) is 6.83.